The highest BCUT2D eigenvalue weighted by atomic mass is 127. The minimum absolute atomic E-state index is 0.230. The number of piperidine rings is 1. The van der Waals surface area contributed by atoms with Crippen LogP contribution in [-0.4, -0.2) is 54.3 Å². The molecule has 1 aromatic carbocycles. The fourth-order valence-electron chi connectivity index (χ4n) is 3.35. The molecule has 1 aliphatic rings. The number of methoxy groups -OCH3 is 1. The van der Waals surface area contributed by atoms with Crippen LogP contribution in [0.2, 0.25) is 0 Å². The first-order valence-corrected chi connectivity index (χ1v) is 11.5. The molecule has 0 saturated carbocycles. The molecule has 3 rings (SSSR count). The predicted molar refractivity (Wildman–Crippen MR) is 127 cm³/mol. The molecule has 8 nitrogen and oxygen atoms in total. The highest BCUT2D eigenvalue weighted by Gasteiger charge is 2.21. The van der Waals surface area contributed by atoms with Crippen molar-refractivity contribution >= 4 is 46.1 Å². The Labute approximate surface area is 186 Å². The lowest BCUT2D eigenvalue weighted by Gasteiger charge is -2.31. The Balaban J connectivity index is 1.88. The van der Waals surface area contributed by atoms with Crippen molar-refractivity contribution in [1.29, 1.82) is 0 Å². The van der Waals surface area contributed by atoms with Gasteiger partial charge in [0.2, 0.25) is 17.8 Å². The van der Waals surface area contributed by atoms with Crippen molar-refractivity contribution in [3.63, 3.8) is 0 Å². The first-order chi connectivity index (χ1) is 14.0. The van der Waals surface area contributed by atoms with Gasteiger partial charge in [-0.15, -0.1) is 0 Å². The molecule has 1 aliphatic heterocycles. The number of hydrogen-bond acceptors (Lipinski definition) is 8. The van der Waals surface area contributed by atoms with Crippen molar-refractivity contribution in [3.05, 3.63) is 23.8 Å². The van der Waals surface area contributed by atoms with Crippen LogP contribution >= 0.6 is 22.6 Å². The zero-order valence-electron chi connectivity index (χ0n) is 17.5. The van der Waals surface area contributed by atoms with Gasteiger partial charge in [-0.1, -0.05) is 22.6 Å². The van der Waals surface area contributed by atoms with Crippen LogP contribution in [0.5, 0.6) is 5.75 Å². The first-order valence-electron chi connectivity index (χ1n) is 9.96. The highest BCUT2D eigenvalue weighted by molar-refractivity contribution is 14.1. The van der Waals surface area contributed by atoms with E-state index in [1.807, 2.05) is 12.1 Å². The van der Waals surface area contributed by atoms with Gasteiger partial charge in [0, 0.05) is 34.8 Å². The normalized spacial score (nSPS) is 14.7. The Morgan fingerprint density at radius 2 is 1.93 bits per heavy atom. The van der Waals surface area contributed by atoms with Gasteiger partial charge >= 0.3 is 0 Å². The number of anilines is 4. The van der Waals surface area contributed by atoms with E-state index in [1.54, 1.807) is 7.11 Å². The first kappa shape index (κ1) is 21.8. The topological polar surface area (TPSA) is 87.2 Å². The predicted octanol–water partition coefficient (Wildman–Crippen LogP) is 3.57. The Hall–Kier alpha value is -1.88. The maximum Gasteiger partial charge on any atom is 0.233 e. The molecule has 1 fully saturated rings. The average molecular weight is 511 g/mol. The third kappa shape index (κ3) is 5.81. The van der Waals surface area contributed by atoms with Gasteiger partial charge in [-0.2, -0.15) is 15.0 Å². The van der Waals surface area contributed by atoms with Gasteiger partial charge in [0.05, 0.1) is 7.11 Å². The second-order valence-electron chi connectivity index (χ2n) is 7.46. The highest BCUT2D eigenvalue weighted by Crippen LogP contribution is 2.27. The molecule has 2 aromatic rings. The van der Waals surface area contributed by atoms with Crippen molar-refractivity contribution in [1.82, 2.24) is 20.3 Å². The zero-order valence-corrected chi connectivity index (χ0v) is 19.7. The summed E-state index contributed by atoms with van der Waals surface area (Å²) in [5, 5.41) is 10.1. The average Bonchev–Trinajstić information content (AvgIpc) is 2.73. The number of aromatic nitrogens is 3. The number of alkyl halides is 1. The Morgan fingerprint density at radius 1 is 1.21 bits per heavy atom. The lowest BCUT2D eigenvalue weighted by atomic mass is 10.1. The minimum Gasteiger partial charge on any atom is -0.496 e. The number of nitrogens with zero attached hydrogens (tertiary/aromatic N) is 4. The molecule has 2 heterocycles. The summed E-state index contributed by atoms with van der Waals surface area (Å²) in [6.07, 6.45) is 2.16. The molecule has 0 radical (unpaired) electrons. The molecule has 0 amide bonds. The number of halogens is 1. The number of ether oxygens (including phenoxy) is 1. The molecule has 1 saturated heterocycles. The van der Waals surface area contributed by atoms with Gasteiger partial charge in [0.15, 0.2) is 0 Å². The van der Waals surface area contributed by atoms with Gasteiger partial charge in [0.1, 0.15) is 5.75 Å². The molecule has 0 atom stereocenters. The van der Waals surface area contributed by atoms with Crippen LogP contribution < -0.4 is 25.6 Å². The number of nitrogens with one attached hydrogen (secondary N) is 3. The maximum atomic E-state index is 5.43. The van der Waals surface area contributed by atoms with E-state index >= 15 is 0 Å². The van der Waals surface area contributed by atoms with Gasteiger partial charge < -0.3 is 25.6 Å². The largest absolute Gasteiger partial charge is 0.496 e. The molecular formula is C20H30IN7O. The van der Waals surface area contributed by atoms with E-state index in [2.05, 4.69) is 80.4 Å². The summed E-state index contributed by atoms with van der Waals surface area (Å²) in [4.78, 5) is 16.1. The number of rotatable bonds is 8. The van der Waals surface area contributed by atoms with Crippen LogP contribution in [-0.2, 0) is 4.43 Å². The molecule has 1 aromatic heterocycles. The smallest absolute Gasteiger partial charge is 0.233 e. The van der Waals surface area contributed by atoms with Crippen molar-refractivity contribution in [2.45, 2.75) is 43.2 Å². The van der Waals surface area contributed by atoms with E-state index in [1.165, 1.54) is 0 Å². The standard InChI is InChI=1S/C20H30IN7O/c1-13(2)23-18-25-19(24-15-5-6-17(29-4)14(11-15)12-21)27-20(26-18)28(3)16-7-9-22-10-8-16/h5-6,11,13,16,22H,7-10,12H2,1-4H3,(H2,23,24,25,26,27). The van der Waals surface area contributed by atoms with Gasteiger partial charge in [-0.05, 0) is 58.0 Å². The molecular weight excluding hydrogens is 481 g/mol. The van der Waals surface area contributed by atoms with Gasteiger partial charge in [0.25, 0.3) is 0 Å². The van der Waals surface area contributed by atoms with Crippen molar-refractivity contribution < 1.29 is 4.74 Å². The van der Waals surface area contributed by atoms with E-state index in [9.17, 15) is 0 Å². The van der Waals surface area contributed by atoms with Crippen LogP contribution in [0.15, 0.2) is 18.2 Å². The fraction of sp³-hybridized carbons (Fsp3) is 0.550. The lowest BCUT2D eigenvalue weighted by molar-refractivity contribution is 0.411. The monoisotopic (exact) mass is 511 g/mol. The summed E-state index contributed by atoms with van der Waals surface area (Å²) < 4.78 is 6.29. The van der Waals surface area contributed by atoms with E-state index in [0.29, 0.717) is 23.9 Å². The van der Waals surface area contributed by atoms with Crippen LogP contribution in [0.25, 0.3) is 0 Å². The molecule has 0 unspecified atom stereocenters. The number of hydrogen-bond donors (Lipinski definition) is 3. The Bertz CT molecular complexity index is 811. The van der Waals surface area contributed by atoms with Crippen molar-refractivity contribution in [2.24, 2.45) is 0 Å². The fourth-order valence-corrected chi connectivity index (χ4v) is 3.94. The van der Waals surface area contributed by atoms with E-state index in [4.69, 9.17) is 9.72 Å². The molecule has 158 valence electrons. The van der Waals surface area contributed by atoms with Crippen molar-refractivity contribution in [2.75, 3.05) is 42.8 Å². The molecule has 9 heteroatoms. The summed E-state index contributed by atoms with van der Waals surface area (Å²) in [5.74, 6) is 2.67. The van der Waals surface area contributed by atoms with Crippen LogP contribution in [0.1, 0.15) is 32.3 Å². The quantitative estimate of drug-likeness (QED) is 0.367. The van der Waals surface area contributed by atoms with E-state index in [-0.39, 0.29) is 6.04 Å². The summed E-state index contributed by atoms with van der Waals surface area (Å²) in [6.45, 7) is 6.19. The van der Waals surface area contributed by atoms with E-state index in [0.717, 1.165) is 47.4 Å². The Morgan fingerprint density at radius 3 is 2.59 bits per heavy atom. The SMILES string of the molecule is COc1ccc(Nc2nc(NC(C)C)nc(N(C)C3CCNCC3)n2)cc1CI. The van der Waals surface area contributed by atoms with Gasteiger partial charge in [-0.3, -0.25) is 0 Å². The van der Waals surface area contributed by atoms with Gasteiger partial charge in [-0.25, -0.2) is 0 Å². The second kappa shape index (κ2) is 10.2. The summed E-state index contributed by atoms with van der Waals surface area (Å²) in [5.41, 5.74) is 2.05. The van der Waals surface area contributed by atoms with Crippen LogP contribution in [0.4, 0.5) is 23.5 Å². The van der Waals surface area contributed by atoms with Crippen LogP contribution in [0.3, 0.4) is 0 Å². The number of benzene rings is 1. The minimum atomic E-state index is 0.230. The molecule has 29 heavy (non-hydrogen) atoms. The third-order valence-corrected chi connectivity index (χ3v) is 5.72. The van der Waals surface area contributed by atoms with Crippen LogP contribution in [0, 0.1) is 0 Å². The van der Waals surface area contributed by atoms with E-state index < -0.39 is 0 Å². The second-order valence-corrected chi connectivity index (χ2v) is 8.22. The zero-order chi connectivity index (χ0) is 20.8. The molecule has 0 bridgehead atoms. The summed E-state index contributed by atoms with van der Waals surface area (Å²) in [6, 6.07) is 6.66. The molecule has 3 N–H and O–H groups in total. The Kier molecular flexibility index (Phi) is 7.70. The molecule has 0 aliphatic carbocycles. The third-order valence-electron chi connectivity index (χ3n) is 4.89. The summed E-state index contributed by atoms with van der Waals surface area (Å²) >= 11 is 2.34. The lowest BCUT2D eigenvalue weighted by Crippen LogP contribution is -2.42. The maximum absolute atomic E-state index is 5.43. The summed E-state index contributed by atoms with van der Waals surface area (Å²) in [7, 11) is 3.76. The molecule has 0 spiro atoms. The van der Waals surface area contributed by atoms with Crippen molar-refractivity contribution in [3.8, 4) is 5.75 Å².